The van der Waals surface area contributed by atoms with Crippen molar-refractivity contribution in [3.63, 3.8) is 0 Å². The normalized spacial score (nSPS) is 25.3. The van der Waals surface area contributed by atoms with E-state index in [2.05, 4.69) is 31.4 Å². The lowest BCUT2D eigenvalue weighted by atomic mass is 9.69. The van der Waals surface area contributed by atoms with Crippen molar-refractivity contribution < 1.29 is 4.79 Å². The van der Waals surface area contributed by atoms with Gasteiger partial charge in [-0.3, -0.25) is 4.79 Å². The zero-order valence-electron chi connectivity index (χ0n) is 13.1. The molecule has 1 aliphatic carbocycles. The molecular formula is C15H31ClN2O. The van der Waals surface area contributed by atoms with E-state index in [1.165, 1.54) is 19.3 Å². The molecule has 1 fully saturated rings. The van der Waals surface area contributed by atoms with Crippen LogP contribution in [-0.2, 0) is 4.79 Å². The van der Waals surface area contributed by atoms with Gasteiger partial charge in [0.25, 0.3) is 0 Å². The first-order valence-electron chi connectivity index (χ1n) is 7.31. The van der Waals surface area contributed by atoms with Crippen LogP contribution < -0.4 is 10.6 Å². The van der Waals surface area contributed by atoms with Crippen LogP contribution in [0.3, 0.4) is 0 Å². The Morgan fingerprint density at radius 3 is 2.37 bits per heavy atom. The summed E-state index contributed by atoms with van der Waals surface area (Å²) in [6, 6.07) is 0.366. The minimum atomic E-state index is 0. The number of amides is 1. The number of halogens is 1. The molecule has 2 N–H and O–H groups in total. The van der Waals surface area contributed by atoms with Crippen molar-refractivity contribution in [2.45, 2.75) is 59.4 Å². The molecule has 0 saturated heterocycles. The smallest absolute Gasteiger partial charge is 0.224 e. The van der Waals surface area contributed by atoms with Gasteiger partial charge in [0.05, 0.1) is 0 Å². The molecule has 1 amide bonds. The molecule has 0 aromatic heterocycles. The fourth-order valence-electron chi connectivity index (χ4n) is 3.06. The highest BCUT2D eigenvalue weighted by molar-refractivity contribution is 5.85. The molecule has 3 nitrogen and oxygen atoms in total. The van der Waals surface area contributed by atoms with Gasteiger partial charge in [-0.2, -0.15) is 0 Å². The summed E-state index contributed by atoms with van der Waals surface area (Å²) < 4.78 is 0. The van der Waals surface area contributed by atoms with E-state index >= 15 is 0 Å². The van der Waals surface area contributed by atoms with Crippen molar-refractivity contribution in [2.75, 3.05) is 13.6 Å². The molecule has 19 heavy (non-hydrogen) atoms. The lowest BCUT2D eigenvalue weighted by Crippen LogP contribution is -2.49. The Hall–Kier alpha value is -0.280. The number of carbonyl (C=O) groups is 1. The van der Waals surface area contributed by atoms with Gasteiger partial charge in [-0.05, 0) is 31.2 Å². The topological polar surface area (TPSA) is 41.1 Å². The quantitative estimate of drug-likeness (QED) is 0.836. The van der Waals surface area contributed by atoms with Crippen molar-refractivity contribution in [3.05, 3.63) is 0 Å². The van der Waals surface area contributed by atoms with Crippen LogP contribution >= 0.6 is 12.4 Å². The molecule has 1 aliphatic rings. The van der Waals surface area contributed by atoms with Gasteiger partial charge in [0.2, 0.25) is 5.91 Å². The first kappa shape index (κ1) is 18.7. The molecule has 1 saturated carbocycles. The van der Waals surface area contributed by atoms with Crippen LogP contribution in [0.5, 0.6) is 0 Å². The monoisotopic (exact) mass is 290 g/mol. The van der Waals surface area contributed by atoms with E-state index in [1.807, 2.05) is 14.0 Å². The number of carbonyl (C=O) groups excluding carboxylic acids is 1. The van der Waals surface area contributed by atoms with Gasteiger partial charge in [0.15, 0.2) is 0 Å². The lowest BCUT2D eigenvalue weighted by molar-refractivity contribution is -0.126. The minimum Gasteiger partial charge on any atom is -0.353 e. The molecule has 114 valence electrons. The average Bonchev–Trinajstić information content (AvgIpc) is 2.28. The molecule has 3 unspecified atom stereocenters. The summed E-state index contributed by atoms with van der Waals surface area (Å²) in [6.45, 7) is 9.61. The number of hydrogen-bond acceptors (Lipinski definition) is 2. The van der Waals surface area contributed by atoms with Crippen molar-refractivity contribution >= 4 is 18.3 Å². The Kier molecular flexibility index (Phi) is 7.99. The molecule has 0 aromatic rings. The van der Waals surface area contributed by atoms with Crippen LogP contribution in [0.2, 0.25) is 0 Å². The standard InChI is InChI=1S/C15H30N2O.ClH/c1-11(10-16-5)14(18)17-13-9-7-6-8-12(13)15(2,3)4;/h11-13,16H,6-10H2,1-5H3,(H,17,18);1H. The maximum atomic E-state index is 12.1. The minimum absolute atomic E-state index is 0. The molecule has 0 bridgehead atoms. The van der Waals surface area contributed by atoms with Gasteiger partial charge in [0, 0.05) is 18.5 Å². The van der Waals surface area contributed by atoms with Crippen LogP contribution in [0.4, 0.5) is 0 Å². The lowest BCUT2D eigenvalue weighted by Gasteiger charge is -2.41. The summed E-state index contributed by atoms with van der Waals surface area (Å²) in [7, 11) is 1.89. The molecule has 0 heterocycles. The molecule has 0 radical (unpaired) electrons. The van der Waals surface area contributed by atoms with Gasteiger partial charge in [-0.1, -0.05) is 40.5 Å². The van der Waals surface area contributed by atoms with E-state index < -0.39 is 0 Å². The van der Waals surface area contributed by atoms with E-state index in [4.69, 9.17) is 0 Å². The predicted molar refractivity (Wildman–Crippen MR) is 83.7 cm³/mol. The van der Waals surface area contributed by atoms with Gasteiger partial charge in [-0.15, -0.1) is 12.4 Å². The highest BCUT2D eigenvalue weighted by atomic mass is 35.5. The van der Waals surface area contributed by atoms with Crippen LogP contribution in [0.15, 0.2) is 0 Å². The van der Waals surface area contributed by atoms with Crippen molar-refractivity contribution in [1.82, 2.24) is 10.6 Å². The summed E-state index contributed by atoms with van der Waals surface area (Å²) in [5.41, 5.74) is 0.282. The fraction of sp³-hybridized carbons (Fsp3) is 0.933. The van der Waals surface area contributed by atoms with Crippen molar-refractivity contribution in [2.24, 2.45) is 17.3 Å². The van der Waals surface area contributed by atoms with Crippen LogP contribution in [0.25, 0.3) is 0 Å². The van der Waals surface area contributed by atoms with Gasteiger partial charge in [0.1, 0.15) is 0 Å². The first-order chi connectivity index (χ1) is 8.36. The Labute approximate surface area is 124 Å². The van der Waals surface area contributed by atoms with Crippen LogP contribution in [-0.4, -0.2) is 25.5 Å². The Morgan fingerprint density at radius 2 is 1.84 bits per heavy atom. The zero-order chi connectivity index (χ0) is 13.8. The predicted octanol–water partition coefficient (Wildman–Crippen LogP) is 2.98. The summed E-state index contributed by atoms with van der Waals surface area (Å²) in [4.78, 5) is 12.1. The SMILES string of the molecule is CNCC(C)C(=O)NC1CCCCC1C(C)(C)C.Cl. The van der Waals surface area contributed by atoms with Crippen molar-refractivity contribution in [3.8, 4) is 0 Å². The van der Waals surface area contributed by atoms with Gasteiger partial charge < -0.3 is 10.6 Å². The Bertz CT molecular complexity index is 276. The highest BCUT2D eigenvalue weighted by Gasteiger charge is 2.35. The third-order valence-corrected chi connectivity index (χ3v) is 4.16. The third-order valence-electron chi connectivity index (χ3n) is 4.16. The molecule has 0 aromatic carbocycles. The average molecular weight is 291 g/mol. The maximum absolute atomic E-state index is 12.1. The second kappa shape index (κ2) is 8.11. The third kappa shape index (κ3) is 5.70. The Morgan fingerprint density at radius 1 is 1.26 bits per heavy atom. The van der Waals surface area contributed by atoms with Gasteiger partial charge in [-0.25, -0.2) is 0 Å². The second-order valence-corrected chi connectivity index (χ2v) is 6.83. The van der Waals surface area contributed by atoms with E-state index in [-0.39, 0.29) is 29.6 Å². The molecule has 1 rings (SSSR count). The maximum Gasteiger partial charge on any atom is 0.224 e. The van der Waals surface area contributed by atoms with E-state index in [0.717, 1.165) is 13.0 Å². The van der Waals surface area contributed by atoms with Crippen molar-refractivity contribution in [1.29, 1.82) is 0 Å². The molecular weight excluding hydrogens is 260 g/mol. The molecule has 4 heteroatoms. The Balaban J connectivity index is 0.00000324. The summed E-state index contributed by atoms with van der Waals surface area (Å²) >= 11 is 0. The van der Waals surface area contributed by atoms with Crippen LogP contribution in [0.1, 0.15) is 53.4 Å². The number of rotatable bonds is 4. The summed E-state index contributed by atoms with van der Waals surface area (Å²) in [6.07, 6.45) is 4.94. The van der Waals surface area contributed by atoms with E-state index in [0.29, 0.717) is 12.0 Å². The molecule has 3 atom stereocenters. The molecule has 0 aliphatic heterocycles. The molecule has 0 spiro atoms. The fourth-order valence-corrected chi connectivity index (χ4v) is 3.06. The number of nitrogens with one attached hydrogen (secondary N) is 2. The van der Waals surface area contributed by atoms with E-state index in [1.54, 1.807) is 0 Å². The highest BCUT2D eigenvalue weighted by Crippen LogP contribution is 2.38. The summed E-state index contributed by atoms with van der Waals surface area (Å²) in [5, 5.41) is 6.35. The summed E-state index contributed by atoms with van der Waals surface area (Å²) in [5.74, 6) is 0.861. The first-order valence-corrected chi connectivity index (χ1v) is 7.31. The second-order valence-electron chi connectivity index (χ2n) is 6.83. The van der Waals surface area contributed by atoms with E-state index in [9.17, 15) is 4.79 Å². The van der Waals surface area contributed by atoms with Crippen LogP contribution in [0, 0.1) is 17.3 Å². The zero-order valence-corrected chi connectivity index (χ0v) is 13.9. The number of hydrogen-bond donors (Lipinski definition) is 2. The largest absolute Gasteiger partial charge is 0.353 e. The van der Waals surface area contributed by atoms with Gasteiger partial charge >= 0.3 is 0 Å².